The van der Waals surface area contributed by atoms with Crippen molar-refractivity contribution in [2.45, 2.75) is 25.4 Å². The number of piperidine rings is 1. The van der Waals surface area contributed by atoms with Crippen LogP contribution < -0.4 is 4.90 Å². The molecule has 94 valence electrons. The molecule has 1 N–H and O–H groups in total. The number of aliphatic hydroxyl groups excluding tert-OH is 1. The number of hydrogen-bond donors (Lipinski definition) is 1. The van der Waals surface area contributed by atoms with Gasteiger partial charge >= 0.3 is 0 Å². The third-order valence-electron chi connectivity index (χ3n) is 4.66. The lowest BCUT2D eigenvalue weighted by Crippen LogP contribution is -2.39. The van der Waals surface area contributed by atoms with E-state index in [0.717, 1.165) is 11.5 Å². The average Bonchev–Trinajstić information content (AvgIpc) is 2.76. The smallest absolute Gasteiger partial charge is 0.112 e. The molecule has 0 atom stereocenters. The molecule has 1 fully saturated rings. The lowest BCUT2D eigenvalue weighted by molar-refractivity contribution is 0.282. The zero-order chi connectivity index (χ0) is 12.3. The van der Waals surface area contributed by atoms with E-state index in [9.17, 15) is 5.11 Å². The summed E-state index contributed by atoms with van der Waals surface area (Å²) in [5, 5.41) is 10.7. The fourth-order valence-electron chi connectivity index (χ4n) is 3.77. The van der Waals surface area contributed by atoms with Crippen LogP contribution in [0.25, 0.3) is 10.9 Å². The minimum absolute atomic E-state index is 0.133. The minimum Gasteiger partial charge on any atom is -0.392 e. The minimum atomic E-state index is 0.133. The summed E-state index contributed by atoms with van der Waals surface area (Å²) in [4.78, 5) is 2.52. The number of aryl methyl sites for hydroxylation is 1. The normalized spacial score (nSPS) is 18.7. The van der Waals surface area contributed by atoms with Gasteiger partial charge in [-0.25, -0.2) is 0 Å². The Bertz CT molecular complexity index is 621. The van der Waals surface area contributed by atoms with E-state index >= 15 is 0 Å². The molecule has 0 spiro atoms. The van der Waals surface area contributed by atoms with Crippen LogP contribution in [-0.2, 0) is 13.7 Å². The molecule has 0 unspecified atom stereocenters. The highest BCUT2D eigenvalue weighted by Gasteiger charge is 2.35. The first-order chi connectivity index (χ1) is 8.79. The highest BCUT2D eigenvalue weighted by molar-refractivity contribution is 5.92. The van der Waals surface area contributed by atoms with Gasteiger partial charge in [-0.3, -0.25) is 0 Å². The molecule has 2 bridgehead atoms. The third-order valence-corrected chi connectivity index (χ3v) is 4.66. The van der Waals surface area contributed by atoms with Crippen molar-refractivity contribution in [3.63, 3.8) is 0 Å². The topological polar surface area (TPSA) is 28.4 Å². The molecular formula is C15H18N2O. The van der Waals surface area contributed by atoms with Gasteiger partial charge in [0.05, 0.1) is 6.61 Å². The number of anilines is 1. The molecule has 0 aliphatic carbocycles. The van der Waals surface area contributed by atoms with Gasteiger partial charge in [-0.15, -0.1) is 0 Å². The standard InChI is InChI=1S/C15H18N2O/c1-16-13-3-2-10(9-18)8-12(13)14-11-4-6-17(7-5-11)15(14)16/h2-3,8,11,18H,4-7,9H2,1H3. The van der Waals surface area contributed by atoms with Gasteiger partial charge in [-0.05, 0) is 36.5 Å². The maximum atomic E-state index is 9.32. The van der Waals surface area contributed by atoms with E-state index < -0.39 is 0 Å². The van der Waals surface area contributed by atoms with E-state index in [1.807, 2.05) is 6.07 Å². The summed E-state index contributed by atoms with van der Waals surface area (Å²) in [6, 6.07) is 6.36. The Morgan fingerprint density at radius 1 is 1.28 bits per heavy atom. The molecule has 18 heavy (non-hydrogen) atoms. The zero-order valence-corrected chi connectivity index (χ0v) is 10.7. The molecule has 0 amide bonds. The van der Waals surface area contributed by atoms with E-state index in [1.165, 1.54) is 48.2 Å². The van der Waals surface area contributed by atoms with Gasteiger partial charge < -0.3 is 14.6 Å². The fraction of sp³-hybridized carbons (Fsp3) is 0.467. The van der Waals surface area contributed by atoms with Crippen LogP contribution in [0, 0.1) is 0 Å². The van der Waals surface area contributed by atoms with Crippen LogP contribution in [0.4, 0.5) is 5.82 Å². The first-order valence-corrected chi connectivity index (χ1v) is 6.76. The Morgan fingerprint density at radius 3 is 2.78 bits per heavy atom. The second-order valence-electron chi connectivity index (χ2n) is 5.57. The van der Waals surface area contributed by atoms with Crippen molar-refractivity contribution in [3.05, 3.63) is 29.3 Å². The van der Waals surface area contributed by atoms with Crippen molar-refractivity contribution in [2.75, 3.05) is 18.0 Å². The van der Waals surface area contributed by atoms with E-state index in [2.05, 4.69) is 28.6 Å². The summed E-state index contributed by atoms with van der Waals surface area (Å²) >= 11 is 0. The van der Waals surface area contributed by atoms with Crippen molar-refractivity contribution < 1.29 is 5.11 Å². The number of aromatic nitrogens is 1. The first-order valence-electron chi connectivity index (χ1n) is 6.76. The molecule has 1 saturated heterocycles. The van der Waals surface area contributed by atoms with Gasteiger partial charge in [-0.1, -0.05) is 6.07 Å². The van der Waals surface area contributed by atoms with E-state index in [4.69, 9.17) is 0 Å². The van der Waals surface area contributed by atoms with Gasteiger partial charge in [0.25, 0.3) is 0 Å². The van der Waals surface area contributed by atoms with Crippen molar-refractivity contribution >= 4 is 16.7 Å². The summed E-state index contributed by atoms with van der Waals surface area (Å²) in [5.41, 5.74) is 3.85. The second kappa shape index (κ2) is 3.51. The molecule has 3 nitrogen and oxygen atoms in total. The predicted octanol–water partition coefficient (Wildman–Crippen LogP) is 2.37. The third kappa shape index (κ3) is 1.18. The highest BCUT2D eigenvalue weighted by Crippen LogP contribution is 2.47. The monoisotopic (exact) mass is 242 g/mol. The lowest BCUT2D eigenvalue weighted by atomic mass is 9.84. The summed E-state index contributed by atoms with van der Waals surface area (Å²) in [7, 11) is 2.17. The number of aliphatic hydroxyl groups is 1. The molecule has 0 saturated carbocycles. The van der Waals surface area contributed by atoms with E-state index in [1.54, 1.807) is 0 Å². The Kier molecular flexibility index (Phi) is 2.04. The molecule has 1 aromatic carbocycles. The van der Waals surface area contributed by atoms with Gasteiger partial charge in [0.2, 0.25) is 0 Å². The number of nitrogens with zero attached hydrogens (tertiary/aromatic N) is 2. The molecule has 4 heterocycles. The maximum absolute atomic E-state index is 9.32. The van der Waals surface area contributed by atoms with Crippen LogP contribution in [-0.4, -0.2) is 22.8 Å². The van der Waals surface area contributed by atoms with Crippen LogP contribution in [0.3, 0.4) is 0 Å². The summed E-state index contributed by atoms with van der Waals surface area (Å²) in [6.07, 6.45) is 2.57. The summed E-state index contributed by atoms with van der Waals surface area (Å²) in [5.74, 6) is 2.14. The first kappa shape index (κ1) is 10.4. The number of benzene rings is 1. The summed E-state index contributed by atoms with van der Waals surface area (Å²) in [6.45, 7) is 2.54. The Balaban J connectivity index is 2.07. The lowest BCUT2D eigenvalue weighted by Gasteiger charge is -2.41. The fourth-order valence-corrected chi connectivity index (χ4v) is 3.77. The molecule has 2 aromatic rings. The number of fused-ring (bicyclic) bond motifs is 3. The largest absolute Gasteiger partial charge is 0.392 e. The van der Waals surface area contributed by atoms with Gasteiger partial charge in [0.1, 0.15) is 5.82 Å². The molecular weight excluding hydrogens is 224 g/mol. The molecule has 3 aliphatic rings. The Morgan fingerprint density at radius 2 is 2.06 bits per heavy atom. The Labute approximate surface area is 107 Å². The van der Waals surface area contributed by atoms with Gasteiger partial charge in [0.15, 0.2) is 0 Å². The quantitative estimate of drug-likeness (QED) is 0.831. The SMILES string of the molecule is Cn1c2c(c3cc(CO)ccc31)C1CCN2CC1. The van der Waals surface area contributed by atoms with Crippen molar-refractivity contribution in [1.82, 2.24) is 4.57 Å². The van der Waals surface area contributed by atoms with Gasteiger partial charge in [-0.2, -0.15) is 0 Å². The number of rotatable bonds is 1. The van der Waals surface area contributed by atoms with Crippen LogP contribution in [0.2, 0.25) is 0 Å². The maximum Gasteiger partial charge on any atom is 0.112 e. The molecule has 3 aliphatic heterocycles. The summed E-state index contributed by atoms with van der Waals surface area (Å²) < 4.78 is 2.33. The molecule has 1 aromatic heterocycles. The van der Waals surface area contributed by atoms with E-state index in [-0.39, 0.29) is 6.61 Å². The highest BCUT2D eigenvalue weighted by atomic mass is 16.3. The molecule has 3 heteroatoms. The number of hydrogen-bond acceptors (Lipinski definition) is 2. The Hall–Kier alpha value is -1.48. The molecule has 5 rings (SSSR count). The second-order valence-corrected chi connectivity index (χ2v) is 5.57. The predicted molar refractivity (Wildman–Crippen MR) is 73.0 cm³/mol. The van der Waals surface area contributed by atoms with Gasteiger partial charge in [0, 0.05) is 36.6 Å². The van der Waals surface area contributed by atoms with Crippen molar-refractivity contribution in [3.8, 4) is 0 Å². The van der Waals surface area contributed by atoms with E-state index in [0.29, 0.717) is 0 Å². The zero-order valence-electron chi connectivity index (χ0n) is 10.7. The average molecular weight is 242 g/mol. The van der Waals surface area contributed by atoms with Crippen LogP contribution in [0.1, 0.15) is 29.9 Å². The van der Waals surface area contributed by atoms with Crippen LogP contribution >= 0.6 is 0 Å². The molecule has 0 radical (unpaired) electrons. The van der Waals surface area contributed by atoms with Crippen molar-refractivity contribution in [2.24, 2.45) is 7.05 Å². The van der Waals surface area contributed by atoms with Crippen LogP contribution in [0.5, 0.6) is 0 Å². The van der Waals surface area contributed by atoms with Crippen molar-refractivity contribution in [1.29, 1.82) is 0 Å². The van der Waals surface area contributed by atoms with Crippen LogP contribution in [0.15, 0.2) is 18.2 Å².